The summed E-state index contributed by atoms with van der Waals surface area (Å²) in [5.41, 5.74) is 0. The predicted molar refractivity (Wildman–Crippen MR) is 70.1 cm³/mol. The molecule has 0 unspecified atom stereocenters. The summed E-state index contributed by atoms with van der Waals surface area (Å²) in [4.78, 5) is 3.84. The summed E-state index contributed by atoms with van der Waals surface area (Å²) in [6.07, 6.45) is 1.71. The van der Waals surface area contributed by atoms with Crippen LogP contribution in [-0.2, 0) is 0 Å². The molecule has 0 saturated carbocycles. The van der Waals surface area contributed by atoms with Crippen molar-refractivity contribution in [3.63, 3.8) is 0 Å². The fourth-order valence-corrected chi connectivity index (χ4v) is 2.61. The van der Waals surface area contributed by atoms with E-state index in [0.717, 1.165) is 16.8 Å². The second-order valence-corrected chi connectivity index (χ2v) is 6.75. The van der Waals surface area contributed by atoms with E-state index in [0.29, 0.717) is 0 Å². The number of nitrogens with zero attached hydrogens (tertiary/aromatic N) is 1. The number of halogens is 4. The Balaban J connectivity index is 0.000000241. The Kier molecular flexibility index (Phi) is 9.92. The molecule has 0 radical (unpaired) electrons. The summed E-state index contributed by atoms with van der Waals surface area (Å²) in [6.45, 7) is 0. The Bertz CT molecular complexity index is 226. The second kappa shape index (κ2) is 9.25. The van der Waals surface area contributed by atoms with Crippen LogP contribution in [0.3, 0.4) is 0 Å². The van der Waals surface area contributed by atoms with Gasteiger partial charge in [0.25, 0.3) is 0 Å². The lowest BCUT2D eigenvalue weighted by Gasteiger charge is -1.97. The maximum absolute atomic E-state index is 5.23. The maximum atomic E-state index is 5.23. The molecule has 0 spiro atoms. The zero-order chi connectivity index (χ0) is 11.0. The number of hydrogen-bond acceptors (Lipinski definition) is 3. The summed E-state index contributed by atoms with van der Waals surface area (Å²) in [7, 11) is 0. The van der Waals surface area contributed by atoms with Gasteiger partial charge < -0.3 is 0 Å². The van der Waals surface area contributed by atoms with Crippen molar-refractivity contribution in [3.05, 3.63) is 24.4 Å². The Morgan fingerprint density at radius 2 is 1.71 bits per heavy atom. The molecule has 1 heterocycles. The van der Waals surface area contributed by atoms with Gasteiger partial charge in [0.15, 0.2) is 8.34 Å². The van der Waals surface area contributed by atoms with Gasteiger partial charge in [-0.2, -0.15) is 0 Å². The minimum Gasteiger partial charge on any atom is -0.250 e. The van der Waals surface area contributed by atoms with Crippen LogP contribution in [0.1, 0.15) is 0 Å². The molecule has 1 aromatic rings. The molecule has 1 rings (SSSR count). The first-order valence-electron chi connectivity index (χ1n) is 3.34. The van der Waals surface area contributed by atoms with Crippen molar-refractivity contribution >= 4 is 70.8 Å². The highest BCUT2D eigenvalue weighted by Gasteiger charge is 2.04. The fraction of sp³-hybridized carbons (Fsp3) is 0.286. The van der Waals surface area contributed by atoms with E-state index in [1.165, 1.54) is 0 Å². The SMILES string of the molecule is ClC(Cl)SC(Cl)Cl.Sc1ccccn1. The van der Waals surface area contributed by atoms with Gasteiger partial charge in [0.05, 0.1) is 5.03 Å². The van der Waals surface area contributed by atoms with E-state index in [1.807, 2.05) is 18.2 Å². The first-order chi connectivity index (χ1) is 6.52. The normalized spacial score (nSPS) is 9.93. The molecule has 80 valence electrons. The Morgan fingerprint density at radius 1 is 1.14 bits per heavy atom. The topological polar surface area (TPSA) is 12.9 Å². The van der Waals surface area contributed by atoms with E-state index in [9.17, 15) is 0 Å². The van der Waals surface area contributed by atoms with Crippen LogP contribution < -0.4 is 0 Å². The number of hydrogen-bond donors (Lipinski definition) is 1. The summed E-state index contributed by atoms with van der Waals surface area (Å²) >= 11 is 26.0. The highest BCUT2D eigenvalue weighted by Crippen LogP contribution is 2.28. The van der Waals surface area contributed by atoms with Crippen LogP contribution in [0, 0.1) is 0 Å². The lowest BCUT2D eigenvalue weighted by Crippen LogP contribution is -1.81. The molecule has 0 N–H and O–H groups in total. The second-order valence-electron chi connectivity index (χ2n) is 1.85. The van der Waals surface area contributed by atoms with Crippen molar-refractivity contribution in [2.45, 2.75) is 13.4 Å². The highest BCUT2D eigenvalue weighted by molar-refractivity contribution is 8.05. The summed E-state index contributed by atoms with van der Waals surface area (Å²) in [5, 5.41) is 0.766. The molecule has 0 aliphatic carbocycles. The summed E-state index contributed by atoms with van der Waals surface area (Å²) in [5.74, 6) is 0. The van der Waals surface area contributed by atoms with Crippen LogP contribution in [0.2, 0.25) is 0 Å². The number of pyridine rings is 1. The van der Waals surface area contributed by atoms with Crippen molar-refractivity contribution in [1.29, 1.82) is 0 Å². The zero-order valence-electron chi connectivity index (χ0n) is 6.78. The predicted octanol–water partition coefficient (Wildman–Crippen LogP) is 4.61. The van der Waals surface area contributed by atoms with Crippen molar-refractivity contribution in [3.8, 4) is 0 Å². The molecule has 0 fully saturated rings. The molecular formula is C7H7Cl4NS2. The average molecular weight is 311 g/mol. The third-order valence-electron chi connectivity index (χ3n) is 0.855. The van der Waals surface area contributed by atoms with E-state index < -0.39 is 8.34 Å². The van der Waals surface area contributed by atoms with E-state index in [2.05, 4.69) is 17.6 Å². The smallest absolute Gasteiger partial charge is 0.155 e. The molecule has 0 saturated heterocycles. The summed E-state index contributed by atoms with van der Waals surface area (Å²) in [6, 6.07) is 5.60. The van der Waals surface area contributed by atoms with Gasteiger partial charge in [-0.25, -0.2) is 0 Å². The quantitative estimate of drug-likeness (QED) is 0.632. The van der Waals surface area contributed by atoms with E-state index in [4.69, 9.17) is 46.4 Å². The van der Waals surface area contributed by atoms with Crippen LogP contribution in [0.25, 0.3) is 0 Å². The average Bonchev–Trinajstić information content (AvgIpc) is 2.03. The minimum absolute atomic E-state index is 0.528. The van der Waals surface area contributed by atoms with Gasteiger partial charge in [-0.15, -0.1) is 12.6 Å². The molecule has 0 amide bonds. The van der Waals surface area contributed by atoms with Crippen LogP contribution in [-0.4, -0.2) is 13.3 Å². The van der Waals surface area contributed by atoms with Gasteiger partial charge in [-0.05, 0) is 12.1 Å². The van der Waals surface area contributed by atoms with E-state index >= 15 is 0 Å². The van der Waals surface area contributed by atoms with Crippen molar-refractivity contribution < 1.29 is 0 Å². The van der Waals surface area contributed by atoms with Crippen molar-refractivity contribution in [2.24, 2.45) is 0 Å². The molecule has 14 heavy (non-hydrogen) atoms. The van der Waals surface area contributed by atoms with Gasteiger partial charge in [-0.1, -0.05) is 64.2 Å². The van der Waals surface area contributed by atoms with Gasteiger partial charge in [-0.3, -0.25) is 4.98 Å². The van der Waals surface area contributed by atoms with Gasteiger partial charge in [0.2, 0.25) is 0 Å². The number of alkyl halides is 4. The van der Waals surface area contributed by atoms with Crippen LogP contribution in [0.4, 0.5) is 0 Å². The molecule has 1 nitrogen and oxygen atoms in total. The van der Waals surface area contributed by atoms with Crippen LogP contribution >= 0.6 is 70.8 Å². The zero-order valence-corrected chi connectivity index (χ0v) is 11.5. The lowest BCUT2D eigenvalue weighted by atomic mass is 10.5. The van der Waals surface area contributed by atoms with E-state index in [1.54, 1.807) is 6.20 Å². The molecule has 1 aromatic heterocycles. The third-order valence-corrected chi connectivity index (χ3v) is 2.77. The van der Waals surface area contributed by atoms with Gasteiger partial charge in [0, 0.05) is 6.20 Å². The number of aromatic nitrogens is 1. The van der Waals surface area contributed by atoms with Crippen LogP contribution in [0.5, 0.6) is 0 Å². The molecule has 0 atom stereocenters. The Hall–Kier alpha value is 1.01. The monoisotopic (exact) mass is 309 g/mol. The van der Waals surface area contributed by atoms with Crippen LogP contribution in [0.15, 0.2) is 29.4 Å². The van der Waals surface area contributed by atoms with Gasteiger partial charge in [0.1, 0.15) is 0 Å². The number of rotatable bonds is 2. The molecule has 0 aliphatic rings. The third kappa shape index (κ3) is 11.1. The largest absolute Gasteiger partial charge is 0.250 e. The molecule has 0 bridgehead atoms. The lowest BCUT2D eigenvalue weighted by molar-refractivity contribution is 1.14. The summed E-state index contributed by atoms with van der Waals surface area (Å²) < 4.78 is -1.06. The molecule has 0 aliphatic heterocycles. The Labute approximate surface area is 113 Å². The molecular weight excluding hydrogens is 304 g/mol. The fourth-order valence-electron chi connectivity index (χ4n) is 0.432. The van der Waals surface area contributed by atoms with Crippen molar-refractivity contribution in [2.75, 3.05) is 0 Å². The first-order valence-corrected chi connectivity index (χ1v) is 6.47. The Morgan fingerprint density at radius 3 is 1.86 bits per heavy atom. The standard InChI is InChI=1S/C5H5NS.C2H2Cl4S/c7-5-3-1-2-4-6-5;3-1(4)7-2(5)6/h1-4H,(H,6,7);1-2H. The van der Waals surface area contributed by atoms with E-state index in [-0.39, 0.29) is 0 Å². The van der Waals surface area contributed by atoms with Gasteiger partial charge >= 0.3 is 0 Å². The maximum Gasteiger partial charge on any atom is 0.155 e. The minimum atomic E-state index is -0.528. The molecule has 7 heteroatoms. The number of thiol groups is 1. The number of thioether (sulfide) groups is 1. The molecule has 0 aromatic carbocycles. The van der Waals surface area contributed by atoms with Crippen molar-refractivity contribution in [1.82, 2.24) is 4.98 Å². The first kappa shape index (κ1) is 15.0. The highest BCUT2D eigenvalue weighted by atomic mass is 35.5.